The van der Waals surface area contributed by atoms with Crippen molar-refractivity contribution in [1.29, 1.82) is 0 Å². The Morgan fingerprint density at radius 1 is 1.29 bits per heavy atom. The Kier molecular flexibility index (Phi) is 5.46. The van der Waals surface area contributed by atoms with Crippen LogP contribution in [0.3, 0.4) is 0 Å². The molecule has 0 aromatic carbocycles. The SMILES string of the molecule is Cl.O=C(CC1NCCN(CC2CC2)C1=O)N1CCC(O)C1. The van der Waals surface area contributed by atoms with Crippen LogP contribution < -0.4 is 5.32 Å². The summed E-state index contributed by atoms with van der Waals surface area (Å²) in [6, 6.07) is -0.382. The van der Waals surface area contributed by atoms with Crippen molar-refractivity contribution >= 4 is 24.2 Å². The second kappa shape index (κ2) is 6.94. The summed E-state index contributed by atoms with van der Waals surface area (Å²) in [4.78, 5) is 28.1. The highest BCUT2D eigenvalue weighted by Crippen LogP contribution is 2.30. The van der Waals surface area contributed by atoms with Crippen LogP contribution in [0.15, 0.2) is 0 Å². The van der Waals surface area contributed by atoms with Crippen molar-refractivity contribution in [2.75, 3.05) is 32.7 Å². The fraction of sp³-hybridized carbons (Fsp3) is 0.857. The lowest BCUT2D eigenvalue weighted by atomic mass is 10.1. The summed E-state index contributed by atoms with van der Waals surface area (Å²) in [7, 11) is 0. The van der Waals surface area contributed by atoms with Gasteiger partial charge >= 0.3 is 0 Å². The summed E-state index contributed by atoms with van der Waals surface area (Å²) in [6.45, 7) is 3.38. The summed E-state index contributed by atoms with van der Waals surface area (Å²) < 4.78 is 0. The van der Waals surface area contributed by atoms with Gasteiger partial charge in [-0.15, -0.1) is 12.4 Å². The number of aliphatic hydroxyl groups excluding tert-OH is 1. The van der Waals surface area contributed by atoms with Crippen LogP contribution in [0.1, 0.15) is 25.7 Å². The van der Waals surface area contributed by atoms with Crippen LogP contribution in [0.5, 0.6) is 0 Å². The van der Waals surface area contributed by atoms with Gasteiger partial charge in [0, 0.05) is 32.7 Å². The lowest BCUT2D eigenvalue weighted by Gasteiger charge is -2.33. The van der Waals surface area contributed by atoms with Crippen LogP contribution in [0.2, 0.25) is 0 Å². The number of aliphatic hydroxyl groups is 1. The van der Waals surface area contributed by atoms with E-state index in [0.717, 1.165) is 19.6 Å². The molecule has 3 rings (SSSR count). The third-order valence-corrected chi connectivity index (χ3v) is 4.45. The largest absolute Gasteiger partial charge is 0.391 e. The molecule has 21 heavy (non-hydrogen) atoms. The minimum atomic E-state index is -0.402. The molecule has 7 heteroatoms. The highest BCUT2D eigenvalue weighted by molar-refractivity contribution is 5.89. The van der Waals surface area contributed by atoms with Crippen molar-refractivity contribution in [3.05, 3.63) is 0 Å². The first kappa shape index (κ1) is 16.5. The third kappa shape index (κ3) is 4.08. The number of hydrogen-bond acceptors (Lipinski definition) is 4. The summed E-state index contributed by atoms with van der Waals surface area (Å²) in [6.07, 6.45) is 2.91. The standard InChI is InChI=1S/C14H23N3O3.ClH/c18-11-3-5-16(9-11)13(19)7-12-14(20)17(6-4-15-12)8-10-1-2-10;/h10-12,15,18H,1-9H2;1H. The van der Waals surface area contributed by atoms with Gasteiger partial charge in [0.2, 0.25) is 11.8 Å². The van der Waals surface area contributed by atoms with Crippen molar-refractivity contribution in [2.45, 2.75) is 37.8 Å². The minimum absolute atomic E-state index is 0. The predicted octanol–water partition coefficient (Wildman–Crippen LogP) is -0.398. The molecule has 2 heterocycles. The Hall–Kier alpha value is -0.850. The molecule has 2 saturated heterocycles. The number of likely N-dealkylation sites (tertiary alicyclic amines) is 1. The second-order valence-electron chi connectivity index (χ2n) is 6.22. The molecule has 1 saturated carbocycles. The Bertz CT molecular complexity index is 403. The van der Waals surface area contributed by atoms with E-state index in [1.54, 1.807) is 4.90 Å². The van der Waals surface area contributed by atoms with Crippen LogP contribution in [0, 0.1) is 5.92 Å². The van der Waals surface area contributed by atoms with Gasteiger partial charge in [0.15, 0.2) is 0 Å². The maximum Gasteiger partial charge on any atom is 0.240 e. The Morgan fingerprint density at radius 3 is 2.67 bits per heavy atom. The van der Waals surface area contributed by atoms with Gasteiger partial charge in [0.25, 0.3) is 0 Å². The Labute approximate surface area is 131 Å². The van der Waals surface area contributed by atoms with E-state index in [1.165, 1.54) is 12.8 Å². The molecule has 2 amide bonds. The number of halogens is 1. The number of amides is 2. The predicted molar refractivity (Wildman–Crippen MR) is 80.2 cm³/mol. The van der Waals surface area contributed by atoms with Crippen molar-refractivity contribution in [2.24, 2.45) is 5.92 Å². The summed E-state index contributed by atoms with van der Waals surface area (Å²) in [5.74, 6) is 0.721. The van der Waals surface area contributed by atoms with Gasteiger partial charge in [-0.25, -0.2) is 0 Å². The van der Waals surface area contributed by atoms with E-state index >= 15 is 0 Å². The molecule has 2 unspecified atom stereocenters. The quantitative estimate of drug-likeness (QED) is 0.740. The monoisotopic (exact) mass is 317 g/mol. The van der Waals surface area contributed by atoms with Gasteiger partial charge in [-0.2, -0.15) is 0 Å². The molecule has 6 nitrogen and oxygen atoms in total. The molecule has 2 N–H and O–H groups in total. The highest BCUT2D eigenvalue weighted by Gasteiger charge is 2.35. The zero-order valence-electron chi connectivity index (χ0n) is 12.2. The molecule has 3 fully saturated rings. The van der Waals surface area contributed by atoms with E-state index in [4.69, 9.17) is 0 Å². The van der Waals surface area contributed by atoms with Gasteiger partial charge in [0.1, 0.15) is 0 Å². The van der Waals surface area contributed by atoms with Crippen LogP contribution >= 0.6 is 12.4 Å². The average Bonchev–Trinajstić information content (AvgIpc) is 3.13. The summed E-state index contributed by atoms with van der Waals surface area (Å²) in [5.41, 5.74) is 0. The minimum Gasteiger partial charge on any atom is -0.391 e. The molecule has 0 bridgehead atoms. The smallest absolute Gasteiger partial charge is 0.240 e. The van der Waals surface area contributed by atoms with Gasteiger partial charge < -0.3 is 20.2 Å². The van der Waals surface area contributed by atoms with Crippen LogP contribution in [-0.2, 0) is 9.59 Å². The van der Waals surface area contributed by atoms with Gasteiger partial charge in [0.05, 0.1) is 18.6 Å². The number of nitrogens with zero attached hydrogens (tertiary/aromatic N) is 2. The Balaban J connectivity index is 0.00000161. The molecule has 2 atom stereocenters. The van der Waals surface area contributed by atoms with Crippen molar-refractivity contribution in [3.63, 3.8) is 0 Å². The molecule has 3 aliphatic rings. The number of hydrogen-bond donors (Lipinski definition) is 2. The highest BCUT2D eigenvalue weighted by atomic mass is 35.5. The molecule has 0 aromatic heterocycles. The Morgan fingerprint density at radius 2 is 2.05 bits per heavy atom. The number of rotatable bonds is 4. The van der Waals surface area contributed by atoms with Crippen molar-refractivity contribution in [3.8, 4) is 0 Å². The molecular formula is C14H24ClN3O3. The van der Waals surface area contributed by atoms with E-state index in [2.05, 4.69) is 5.32 Å². The molecule has 0 aromatic rings. The number of nitrogens with one attached hydrogen (secondary N) is 1. The van der Waals surface area contributed by atoms with Gasteiger partial charge in [-0.3, -0.25) is 9.59 Å². The normalized spacial score (nSPS) is 29.5. The van der Waals surface area contributed by atoms with E-state index < -0.39 is 6.10 Å². The molecular weight excluding hydrogens is 294 g/mol. The fourth-order valence-electron chi connectivity index (χ4n) is 3.02. The van der Waals surface area contributed by atoms with Crippen LogP contribution in [0.25, 0.3) is 0 Å². The van der Waals surface area contributed by atoms with Gasteiger partial charge in [-0.05, 0) is 25.2 Å². The van der Waals surface area contributed by atoms with Crippen LogP contribution in [0.4, 0.5) is 0 Å². The zero-order chi connectivity index (χ0) is 14.1. The van der Waals surface area contributed by atoms with Crippen molar-refractivity contribution in [1.82, 2.24) is 15.1 Å². The number of carbonyl (C=O) groups is 2. The number of β-amino-alcohol motifs (C(OH)–C–C–N with tert-alkyl or cyclic N) is 1. The summed E-state index contributed by atoms with van der Waals surface area (Å²) >= 11 is 0. The average molecular weight is 318 g/mol. The number of piperazine rings is 1. The van der Waals surface area contributed by atoms with E-state index in [-0.39, 0.29) is 36.7 Å². The second-order valence-corrected chi connectivity index (χ2v) is 6.22. The number of carbonyl (C=O) groups excluding carboxylic acids is 2. The molecule has 1 aliphatic carbocycles. The van der Waals surface area contributed by atoms with E-state index in [9.17, 15) is 14.7 Å². The maximum atomic E-state index is 12.3. The van der Waals surface area contributed by atoms with E-state index in [1.807, 2.05) is 4.90 Å². The maximum absolute atomic E-state index is 12.3. The lowest BCUT2D eigenvalue weighted by Crippen LogP contribution is -2.56. The molecule has 120 valence electrons. The topological polar surface area (TPSA) is 72.9 Å². The first-order chi connectivity index (χ1) is 9.63. The molecule has 0 radical (unpaired) electrons. The zero-order valence-corrected chi connectivity index (χ0v) is 13.0. The molecule has 2 aliphatic heterocycles. The summed E-state index contributed by atoms with van der Waals surface area (Å²) in [5, 5.41) is 12.6. The van der Waals surface area contributed by atoms with Gasteiger partial charge in [-0.1, -0.05) is 0 Å². The van der Waals surface area contributed by atoms with E-state index in [0.29, 0.717) is 25.4 Å². The van der Waals surface area contributed by atoms with Crippen LogP contribution in [-0.4, -0.2) is 71.6 Å². The van der Waals surface area contributed by atoms with Crippen molar-refractivity contribution < 1.29 is 14.7 Å². The third-order valence-electron chi connectivity index (χ3n) is 4.45. The lowest BCUT2D eigenvalue weighted by molar-refractivity contribution is -0.140. The fourth-order valence-corrected chi connectivity index (χ4v) is 3.02. The first-order valence-electron chi connectivity index (χ1n) is 7.61. The molecule has 0 spiro atoms. The first-order valence-corrected chi connectivity index (χ1v) is 7.61.